The third-order valence-corrected chi connectivity index (χ3v) is 5.34. The summed E-state index contributed by atoms with van der Waals surface area (Å²) in [5, 5.41) is 10.4. The molecule has 0 spiro atoms. The van der Waals surface area contributed by atoms with Crippen molar-refractivity contribution in [2.75, 3.05) is 52.4 Å². The highest BCUT2D eigenvalue weighted by Crippen LogP contribution is 2.20. The fourth-order valence-electron chi connectivity index (χ4n) is 4.47. The molecule has 0 aromatic rings. The molecule has 5 nitrogen and oxygen atoms in total. The minimum absolute atomic E-state index is 0.241. The van der Waals surface area contributed by atoms with Crippen molar-refractivity contribution in [2.24, 2.45) is 0 Å². The Morgan fingerprint density at radius 2 is 1.59 bits per heavy atom. The van der Waals surface area contributed by atoms with Gasteiger partial charge in [-0.25, -0.2) is 0 Å². The first-order chi connectivity index (χ1) is 10.6. The number of aliphatic hydroxyl groups excluding tert-OH is 1. The molecule has 0 aromatic carbocycles. The molecule has 0 radical (unpaired) electrons. The lowest BCUT2D eigenvalue weighted by atomic mass is 10.2. The Morgan fingerprint density at radius 1 is 0.955 bits per heavy atom. The van der Waals surface area contributed by atoms with E-state index in [0.29, 0.717) is 0 Å². The van der Waals surface area contributed by atoms with Gasteiger partial charge in [0.15, 0.2) is 0 Å². The van der Waals surface area contributed by atoms with Crippen LogP contribution in [0.2, 0.25) is 0 Å². The maximum atomic E-state index is 10.4. The third kappa shape index (κ3) is 4.42. The topological polar surface area (TPSA) is 39.2 Å². The average Bonchev–Trinajstić information content (AvgIpc) is 3.07. The molecule has 128 valence electrons. The Labute approximate surface area is 135 Å². The zero-order chi connectivity index (χ0) is 15.5. The SMILES string of the molecule is CC1CN(CC(O)CN2CCC(N3CCCC3)C2)CC(C)O1. The van der Waals surface area contributed by atoms with Gasteiger partial charge in [-0.2, -0.15) is 0 Å². The van der Waals surface area contributed by atoms with Gasteiger partial charge < -0.3 is 9.84 Å². The van der Waals surface area contributed by atoms with Gasteiger partial charge in [0.1, 0.15) is 0 Å². The standard InChI is InChI=1S/C17H33N3O2/c1-14-9-19(10-15(2)22-14)13-17(21)12-18-8-5-16(11-18)20-6-3-4-7-20/h14-17,21H,3-13H2,1-2H3. The maximum absolute atomic E-state index is 10.4. The molecule has 3 saturated heterocycles. The van der Waals surface area contributed by atoms with E-state index < -0.39 is 0 Å². The Bertz CT molecular complexity index is 339. The van der Waals surface area contributed by atoms with Crippen molar-refractivity contribution in [3.05, 3.63) is 0 Å². The molecule has 0 aromatic heterocycles. The van der Waals surface area contributed by atoms with Crippen LogP contribution in [0.1, 0.15) is 33.1 Å². The molecule has 3 aliphatic heterocycles. The molecule has 3 aliphatic rings. The summed E-state index contributed by atoms with van der Waals surface area (Å²) in [7, 11) is 0. The lowest BCUT2D eigenvalue weighted by Gasteiger charge is -2.36. The van der Waals surface area contributed by atoms with Gasteiger partial charge in [0.25, 0.3) is 0 Å². The van der Waals surface area contributed by atoms with E-state index >= 15 is 0 Å². The third-order valence-electron chi connectivity index (χ3n) is 5.34. The van der Waals surface area contributed by atoms with Crippen LogP contribution in [0.4, 0.5) is 0 Å². The molecule has 4 atom stereocenters. The molecule has 1 N–H and O–H groups in total. The molecule has 0 bridgehead atoms. The number of hydrogen-bond acceptors (Lipinski definition) is 5. The van der Waals surface area contributed by atoms with Crippen molar-refractivity contribution in [3.8, 4) is 0 Å². The van der Waals surface area contributed by atoms with Gasteiger partial charge in [0, 0.05) is 38.8 Å². The van der Waals surface area contributed by atoms with Crippen molar-refractivity contribution >= 4 is 0 Å². The summed E-state index contributed by atoms with van der Waals surface area (Å²) in [5.41, 5.74) is 0. The van der Waals surface area contributed by atoms with Crippen LogP contribution in [0, 0.1) is 0 Å². The lowest BCUT2D eigenvalue weighted by Crippen LogP contribution is -2.49. The molecular weight excluding hydrogens is 278 g/mol. The van der Waals surface area contributed by atoms with Gasteiger partial charge >= 0.3 is 0 Å². The Balaban J connectivity index is 1.39. The summed E-state index contributed by atoms with van der Waals surface area (Å²) in [6.07, 6.45) is 4.33. The van der Waals surface area contributed by atoms with Crippen molar-refractivity contribution in [1.82, 2.24) is 14.7 Å². The van der Waals surface area contributed by atoms with Crippen LogP contribution in [0.5, 0.6) is 0 Å². The molecule has 0 amide bonds. The van der Waals surface area contributed by atoms with E-state index in [9.17, 15) is 5.11 Å². The summed E-state index contributed by atoms with van der Waals surface area (Å²) in [5.74, 6) is 0. The second-order valence-corrected chi connectivity index (χ2v) is 7.57. The number of rotatable bonds is 5. The van der Waals surface area contributed by atoms with Crippen molar-refractivity contribution < 1.29 is 9.84 Å². The molecule has 3 heterocycles. The minimum Gasteiger partial charge on any atom is -0.390 e. The van der Waals surface area contributed by atoms with E-state index in [1.165, 1.54) is 32.4 Å². The van der Waals surface area contributed by atoms with E-state index in [4.69, 9.17) is 4.74 Å². The number of nitrogens with zero attached hydrogens (tertiary/aromatic N) is 3. The van der Waals surface area contributed by atoms with Gasteiger partial charge in [0.05, 0.1) is 18.3 Å². The fourth-order valence-corrected chi connectivity index (χ4v) is 4.47. The van der Waals surface area contributed by atoms with E-state index in [2.05, 4.69) is 28.5 Å². The minimum atomic E-state index is -0.241. The maximum Gasteiger partial charge on any atom is 0.0793 e. The fraction of sp³-hybridized carbons (Fsp3) is 1.00. The van der Waals surface area contributed by atoms with E-state index in [1.54, 1.807) is 0 Å². The monoisotopic (exact) mass is 311 g/mol. The van der Waals surface area contributed by atoms with Crippen molar-refractivity contribution in [2.45, 2.75) is 57.5 Å². The summed E-state index contributed by atoms with van der Waals surface area (Å²) in [6, 6.07) is 0.734. The summed E-state index contributed by atoms with van der Waals surface area (Å²) >= 11 is 0. The predicted molar refractivity (Wildman–Crippen MR) is 88.1 cm³/mol. The van der Waals surface area contributed by atoms with Crippen LogP contribution in [0.15, 0.2) is 0 Å². The second-order valence-electron chi connectivity index (χ2n) is 7.57. The lowest BCUT2D eigenvalue weighted by molar-refractivity contribution is -0.0777. The normalized spacial score (nSPS) is 37.0. The number of hydrogen-bond donors (Lipinski definition) is 1. The summed E-state index contributed by atoms with van der Waals surface area (Å²) < 4.78 is 5.76. The summed E-state index contributed by atoms with van der Waals surface area (Å²) in [6.45, 7) is 12.6. The zero-order valence-electron chi connectivity index (χ0n) is 14.3. The number of morpholine rings is 1. The highest BCUT2D eigenvalue weighted by molar-refractivity contribution is 4.87. The molecule has 22 heavy (non-hydrogen) atoms. The van der Waals surface area contributed by atoms with Crippen LogP contribution in [-0.4, -0.2) is 96.5 Å². The first-order valence-electron chi connectivity index (χ1n) is 9.12. The molecule has 3 fully saturated rings. The Hall–Kier alpha value is -0.200. The number of aliphatic hydroxyl groups is 1. The predicted octanol–water partition coefficient (Wildman–Crippen LogP) is 0.627. The van der Waals surface area contributed by atoms with Gasteiger partial charge in [0.2, 0.25) is 0 Å². The molecule has 0 aliphatic carbocycles. The largest absolute Gasteiger partial charge is 0.390 e. The van der Waals surface area contributed by atoms with Crippen molar-refractivity contribution in [1.29, 1.82) is 0 Å². The average molecular weight is 311 g/mol. The Morgan fingerprint density at radius 3 is 2.27 bits per heavy atom. The van der Waals surface area contributed by atoms with Crippen LogP contribution >= 0.6 is 0 Å². The first kappa shape index (κ1) is 16.7. The van der Waals surface area contributed by atoms with Crippen LogP contribution in [-0.2, 0) is 4.74 Å². The molecule has 4 unspecified atom stereocenters. The highest BCUT2D eigenvalue weighted by atomic mass is 16.5. The van der Waals surface area contributed by atoms with Gasteiger partial charge in [-0.3, -0.25) is 14.7 Å². The molecule has 5 heteroatoms. The zero-order valence-corrected chi connectivity index (χ0v) is 14.3. The number of ether oxygens (including phenoxy) is 1. The van der Waals surface area contributed by atoms with E-state index in [-0.39, 0.29) is 18.3 Å². The second kappa shape index (κ2) is 7.58. The van der Waals surface area contributed by atoms with Crippen LogP contribution in [0.3, 0.4) is 0 Å². The quantitative estimate of drug-likeness (QED) is 0.806. The molecule has 3 rings (SSSR count). The van der Waals surface area contributed by atoms with Crippen LogP contribution < -0.4 is 0 Å². The molecule has 0 saturated carbocycles. The van der Waals surface area contributed by atoms with Crippen molar-refractivity contribution in [3.63, 3.8) is 0 Å². The Kier molecular flexibility index (Phi) is 5.74. The smallest absolute Gasteiger partial charge is 0.0793 e. The first-order valence-corrected chi connectivity index (χ1v) is 9.12. The molecular formula is C17H33N3O2. The number of likely N-dealkylation sites (tertiary alicyclic amines) is 2. The van der Waals surface area contributed by atoms with E-state index in [1.807, 2.05) is 0 Å². The summed E-state index contributed by atoms with van der Waals surface area (Å²) in [4.78, 5) is 7.47. The van der Waals surface area contributed by atoms with Gasteiger partial charge in [-0.05, 0) is 52.7 Å². The number of β-amino-alcohol motifs (C(OH)–C–C–N with tert-alkyl or cyclic N) is 1. The van der Waals surface area contributed by atoms with Gasteiger partial charge in [-0.15, -0.1) is 0 Å². The highest BCUT2D eigenvalue weighted by Gasteiger charge is 2.31. The van der Waals surface area contributed by atoms with Gasteiger partial charge in [-0.1, -0.05) is 0 Å². The van der Waals surface area contributed by atoms with E-state index in [0.717, 1.165) is 45.3 Å². The van der Waals surface area contributed by atoms with Crippen LogP contribution in [0.25, 0.3) is 0 Å².